The van der Waals surface area contributed by atoms with E-state index in [2.05, 4.69) is 22.1 Å². The Kier molecular flexibility index (Phi) is 6.11. The van der Waals surface area contributed by atoms with Gasteiger partial charge in [-0.05, 0) is 47.5 Å². The zero-order chi connectivity index (χ0) is 22.6. The van der Waals surface area contributed by atoms with Crippen molar-refractivity contribution in [1.29, 1.82) is 0 Å². The molecule has 4 aromatic rings. The quantitative estimate of drug-likeness (QED) is 0.411. The maximum atomic E-state index is 13.5. The van der Waals surface area contributed by atoms with E-state index in [1.165, 1.54) is 4.68 Å². The van der Waals surface area contributed by atoms with Crippen LogP contribution in [0.4, 0.5) is 5.69 Å². The number of halogens is 1. The summed E-state index contributed by atoms with van der Waals surface area (Å²) in [4.78, 5) is 15.6. The second-order valence-electron chi connectivity index (χ2n) is 7.64. The molecule has 0 amide bonds. The number of anilines is 1. The van der Waals surface area contributed by atoms with Gasteiger partial charge in [0.2, 0.25) is 5.75 Å². The molecule has 0 aliphatic carbocycles. The molecule has 5 rings (SSSR count). The molecule has 0 bridgehead atoms. The van der Waals surface area contributed by atoms with E-state index < -0.39 is 0 Å². The Hall–Kier alpha value is -3.61. The van der Waals surface area contributed by atoms with Crippen LogP contribution >= 0.6 is 11.6 Å². The summed E-state index contributed by atoms with van der Waals surface area (Å²) in [6, 6.07) is 24.8. The van der Waals surface area contributed by atoms with Crippen LogP contribution in [0, 0.1) is 0 Å². The molecule has 33 heavy (non-hydrogen) atoms. The number of morpholine rings is 1. The van der Waals surface area contributed by atoms with Crippen LogP contribution in [0.15, 0.2) is 89.9 Å². The fraction of sp³-hybridized carbons (Fsp3) is 0.154. The predicted octanol–water partition coefficient (Wildman–Crippen LogP) is 5.18. The van der Waals surface area contributed by atoms with Gasteiger partial charge in [0.1, 0.15) is 11.4 Å². The second-order valence-corrected chi connectivity index (χ2v) is 8.08. The maximum Gasteiger partial charge on any atom is 0.316 e. The molecule has 0 N–H and O–H groups in total. The van der Waals surface area contributed by atoms with E-state index in [1.807, 2.05) is 42.5 Å². The average Bonchev–Trinajstić information content (AvgIpc) is 2.87. The monoisotopic (exact) mass is 459 g/mol. The highest BCUT2D eigenvalue weighted by atomic mass is 35.5. The molecule has 0 atom stereocenters. The van der Waals surface area contributed by atoms with Crippen molar-refractivity contribution in [1.82, 2.24) is 9.78 Å². The smallest absolute Gasteiger partial charge is 0.316 e. The first-order valence-corrected chi connectivity index (χ1v) is 11.1. The molecule has 0 unspecified atom stereocenters. The third kappa shape index (κ3) is 4.62. The molecular formula is C26H22ClN3O3. The Morgan fingerprint density at radius 1 is 0.848 bits per heavy atom. The van der Waals surface area contributed by atoms with Gasteiger partial charge in [-0.3, -0.25) is 4.79 Å². The highest BCUT2D eigenvalue weighted by Gasteiger charge is 2.22. The number of benzene rings is 3. The number of rotatable bonds is 5. The van der Waals surface area contributed by atoms with E-state index in [1.54, 1.807) is 30.5 Å². The van der Waals surface area contributed by atoms with Crippen molar-refractivity contribution in [3.05, 3.63) is 100 Å². The van der Waals surface area contributed by atoms with E-state index in [9.17, 15) is 4.79 Å². The number of aromatic nitrogens is 2. The Bertz CT molecular complexity index is 1280. The normalized spacial score (nSPS) is 13.7. The Morgan fingerprint density at radius 2 is 1.52 bits per heavy atom. The van der Waals surface area contributed by atoms with Crippen LogP contribution < -0.4 is 15.2 Å². The van der Waals surface area contributed by atoms with Gasteiger partial charge < -0.3 is 14.4 Å². The van der Waals surface area contributed by atoms with E-state index in [0.29, 0.717) is 48.5 Å². The molecule has 1 saturated heterocycles. The Balaban J connectivity index is 1.53. The van der Waals surface area contributed by atoms with Crippen LogP contribution in [0.3, 0.4) is 0 Å². The van der Waals surface area contributed by atoms with Gasteiger partial charge in [0.05, 0.1) is 25.1 Å². The zero-order valence-corrected chi connectivity index (χ0v) is 18.6. The SMILES string of the molecule is O=c1c(Oc2ccc(-c3ccccc3)cc2)c(N2CCOCC2)cnn1-c1ccc(Cl)cc1. The van der Waals surface area contributed by atoms with Gasteiger partial charge in [-0.2, -0.15) is 9.78 Å². The van der Waals surface area contributed by atoms with Crippen LogP contribution in [-0.2, 0) is 4.74 Å². The minimum absolute atomic E-state index is 0.231. The van der Waals surface area contributed by atoms with Gasteiger partial charge in [0.15, 0.2) is 0 Å². The van der Waals surface area contributed by atoms with Crippen LogP contribution in [0.2, 0.25) is 5.02 Å². The lowest BCUT2D eigenvalue weighted by atomic mass is 10.1. The summed E-state index contributed by atoms with van der Waals surface area (Å²) in [6.07, 6.45) is 1.68. The largest absolute Gasteiger partial charge is 0.449 e. The summed E-state index contributed by atoms with van der Waals surface area (Å²) in [7, 11) is 0. The molecule has 1 aliphatic heterocycles. The molecule has 3 aromatic carbocycles. The maximum absolute atomic E-state index is 13.5. The lowest BCUT2D eigenvalue weighted by molar-refractivity contribution is 0.122. The minimum Gasteiger partial charge on any atom is -0.449 e. The van der Waals surface area contributed by atoms with Crippen LogP contribution in [0.5, 0.6) is 11.5 Å². The fourth-order valence-electron chi connectivity index (χ4n) is 3.78. The van der Waals surface area contributed by atoms with E-state index in [0.717, 1.165) is 11.1 Å². The lowest BCUT2D eigenvalue weighted by Gasteiger charge is -2.29. The molecule has 7 heteroatoms. The number of nitrogens with zero attached hydrogens (tertiary/aromatic N) is 3. The molecule has 0 saturated carbocycles. The predicted molar refractivity (Wildman–Crippen MR) is 130 cm³/mol. The first-order valence-electron chi connectivity index (χ1n) is 10.7. The van der Waals surface area contributed by atoms with E-state index in [-0.39, 0.29) is 11.3 Å². The van der Waals surface area contributed by atoms with Gasteiger partial charge in [0.25, 0.3) is 0 Å². The molecule has 0 spiro atoms. The average molecular weight is 460 g/mol. The second kappa shape index (κ2) is 9.48. The van der Waals surface area contributed by atoms with Crippen LogP contribution in [0.1, 0.15) is 0 Å². The Labute approximate surface area is 196 Å². The molecule has 0 radical (unpaired) electrons. The number of ether oxygens (including phenoxy) is 2. The zero-order valence-electron chi connectivity index (χ0n) is 17.9. The van der Waals surface area contributed by atoms with Crippen molar-refractivity contribution < 1.29 is 9.47 Å². The molecule has 6 nitrogen and oxygen atoms in total. The first-order chi connectivity index (χ1) is 16.2. The highest BCUT2D eigenvalue weighted by molar-refractivity contribution is 6.30. The molecule has 166 valence electrons. The highest BCUT2D eigenvalue weighted by Crippen LogP contribution is 2.31. The van der Waals surface area contributed by atoms with Crippen LogP contribution in [0.25, 0.3) is 16.8 Å². The molecule has 1 aliphatic rings. The van der Waals surface area contributed by atoms with Gasteiger partial charge in [-0.15, -0.1) is 0 Å². The van der Waals surface area contributed by atoms with Crippen molar-refractivity contribution in [2.24, 2.45) is 0 Å². The van der Waals surface area contributed by atoms with Gasteiger partial charge in [0, 0.05) is 18.1 Å². The molecule has 1 fully saturated rings. The summed E-state index contributed by atoms with van der Waals surface area (Å²) < 4.78 is 13.0. The summed E-state index contributed by atoms with van der Waals surface area (Å²) in [5.41, 5.74) is 3.12. The number of hydrogen-bond acceptors (Lipinski definition) is 5. The fourth-order valence-corrected chi connectivity index (χ4v) is 3.91. The van der Waals surface area contributed by atoms with Crippen molar-refractivity contribution in [3.63, 3.8) is 0 Å². The summed E-state index contributed by atoms with van der Waals surface area (Å²) in [5, 5.41) is 5.00. The standard InChI is InChI=1S/C26H22ClN3O3/c27-21-8-10-22(11-9-21)30-26(31)25(24(18-28-30)29-14-16-32-17-15-29)33-23-12-6-20(7-13-23)19-4-2-1-3-5-19/h1-13,18H,14-17H2. The topological polar surface area (TPSA) is 56.6 Å². The van der Waals surface area contributed by atoms with E-state index >= 15 is 0 Å². The van der Waals surface area contributed by atoms with Crippen molar-refractivity contribution in [3.8, 4) is 28.3 Å². The minimum atomic E-state index is -0.339. The third-order valence-electron chi connectivity index (χ3n) is 5.52. The van der Waals surface area contributed by atoms with Crippen molar-refractivity contribution in [2.45, 2.75) is 0 Å². The summed E-state index contributed by atoms with van der Waals surface area (Å²) in [6.45, 7) is 2.50. The molecular weight excluding hydrogens is 438 g/mol. The lowest BCUT2D eigenvalue weighted by Crippen LogP contribution is -2.38. The molecule has 2 heterocycles. The van der Waals surface area contributed by atoms with Gasteiger partial charge in [-0.1, -0.05) is 54.1 Å². The third-order valence-corrected chi connectivity index (χ3v) is 5.77. The summed E-state index contributed by atoms with van der Waals surface area (Å²) in [5.74, 6) is 0.810. The van der Waals surface area contributed by atoms with Crippen LogP contribution in [-0.4, -0.2) is 36.1 Å². The van der Waals surface area contributed by atoms with Gasteiger partial charge in [-0.25, -0.2) is 0 Å². The summed E-state index contributed by atoms with van der Waals surface area (Å²) >= 11 is 6.01. The van der Waals surface area contributed by atoms with Crippen molar-refractivity contribution in [2.75, 3.05) is 31.2 Å². The molecule has 1 aromatic heterocycles. The van der Waals surface area contributed by atoms with Gasteiger partial charge >= 0.3 is 5.56 Å². The van der Waals surface area contributed by atoms with E-state index in [4.69, 9.17) is 21.1 Å². The first kappa shape index (κ1) is 21.2. The number of hydrogen-bond donors (Lipinski definition) is 0. The van der Waals surface area contributed by atoms with Crippen molar-refractivity contribution >= 4 is 17.3 Å². The Morgan fingerprint density at radius 3 is 2.21 bits per heavy atom.